The highest BCUT2D eigenvalue weighted by Gasteiger charge is 2.51. The van der Waals surface area contributed by atoms with Gasteiger partial charge >= 0.3 is 6.03 Å². The van der Waals surface area contributed by atoms with Crippen LogP contribution in [0.1, 0.15) is 29.3 Å². The summed E-state index contributed by atoms with van der Waals surface area (Å²) in [5, 5.41) is 4.15. The first-order valence-electron chi connectivity index (χ1n) is 11.4. The van der Waals surface area contributed by atoms with Crippen molar-refractivity contribution in [1.82, 2.24) is 14.8 Å². The number of carbonyl (C=O) groups is 3. The number of nitrogens with one attached hydrogen (secondary N) is 1. The van der Waals surface area contributed by atoms with Gasteiger partial charge in [0.1, 0.15) is 5.54 Å². The average Bonchev–Trinajstić information content (AvgIpc) is 3.31. The fourth-order valence-corrected chi connectivity index (χ4v) is 5.10. The standard InChI is InChI=1S/C28H24ClN3O3/c1-3-28(19-13-15-20(29)16-14-19)26(34)32(27(35)30-28)17-23(33)24-21-11-7-8-12-22(21)31(2)25(24)18-9-5-4-6-10-18/h4-16H,3,17H2,1-2H3,(H,30,35)/t28-/m0/s1. The summed E-state index contributed by atoms with van der Waals surface area (Å²) in [6.45, 7) is 1.48. The second kappa shape index (κ2) is 8.71. The molecular formula is C28H24ClN3O3. The zero-order valence-electron chi connectivity index (χ0n) is 19.4. The van der Waals surface area contributed by atoms with Crippen LogP contribution in [0.4, 0.5) is 4.79 Å². The largest absolute Gasteiger partial charge is 0.343 e. The molecule has 6 nitrogen and oxygen atoms in total. The van der Waals surface area contributed by atoms with Crippen LogP contribution in [0.2, 0.25) is 5.02 Å². The molecule has 2 heterocycles. The summed E-state index contributed by atoms with van der Waals surface area (Å²) in [5.74, 6) is -0.741. The Hall–Kier alpha value is -3.90. The number of Topliss-reactive ketones (excluding diaryl/α,β-unsaturated/α-hetero) is 1. The molecule has 0 radical (unpaired) electrons. The minimum Gasteiger partial charge on any atom is -0.343 e. The number of hydrogen-bond donors (Lipinski definition) is 1. The number of benzene rings is 3. The summed E-state index contributed by atoms with van der Waals surface area (Å²) in [6, 6.07) is 23.5. The molecule has 1 aliphatic rings. The fourth-order valence-electron chi connectivity index (χ4n) is 4.98. The third kappa shape index (κ3) is 3.61. The summed E-state index contributed by atoms with van der Waals surface area (Å²) < 4.78 is 1.98. The first-order chi connectivity index (χ1) is 16.9. The number of aromatic nitrogens is 1. The maximum Gasteiger partial charge on any atom is 0.325 e. The van der Waals surface area contributed by atoms with E-state index in [0.717, 1.165) is 27.1 Å². The van der Waals surface area contributed by atoms with Crippen molar-refractivity contribution in [3.05, 3.63) is 95.0 Å². The van der Waals surface area contributed by atoms with E-state index in [1.165, 1.54) is 0 Å². The van der Waals surface area contributed by atoms with Crippen molar-refractivity contribution in [3.8, 4) is 11.3 Å². The van der Waals surface area contributed by atoms with E-state index < -0.39 is 17.5 Å². The van der Waals surface area contributed by atoms with Crippen molar-refractivity contribution in [1.29, 1.82) is 0 Å². The highest BCUT2D eigenvalue weighted by molar-refractivity contribution is 6.30. The number of amides is 3. The van der Waals surface area contributed by atoms with Crippen LogP contribution < -0.4 is 5.32 Å². The van der Waals surface area contributed by atoms with Gasteiger partial charge in [-0.3, -0.25) is 14.5 Å². The Kier molecular flexibility index (Phi) is 5.69. The Labute approximate surface area is 208 Å². The quantitative estimate of drug-likeness (QED) is 0.288. The summed E-state index contributed by atoms with van der Waals surface area (Å²) in [4.78, 5) is 41.4. The number of hydrogen-bond acceptors (Lipinski definition) is 3. The molecule has 35 heavy (non-hydrogen) atoms. The Morgan fingerprint density at radius 3 is 2.29 bits per heavy atom. The van der Waals surface area contributed by atoms with Crippen LogP contribution in [0.15, 0.2) is 78.9 Å². The van der Waals surface area contributed by atoms with Gasteiger partial charge in [0.15, 0.2) is 5.78 Å². The number of nitrogens with zero attached hydrogens (tertiary/aromatic N) is 2. The highest BCUT2D eigenvalue weighted by Crippen LogP contribution is 2.36. The molecule has 176 valence electrons. The van der Waals surface area contributed by atoms with Gasteiger partial charge in [-0.2, -0.15) is 0 Å². The monoisotopic (exact) mass is 485 g/mol. The van der Waals surface area contributed by atoms with Crippen LogP contribution in [-0.2, 0) is 17.4 Å². The van der Waals surface area contributed by atoms with E-state index in [4.69, 9.17) is 11.6 Å². The van der Waals surface area contributed by atoms with E-state index in [9.17, 15) is 14.4 Å². The minimum atomic E-state index is -1.23. The van der Waals surface area contributed by atoms with Crippen LogP contribution in [0.5, 0.6) is 0 Å². The fraction of sp³-hybridized carbons (Fsp3) is 0.179. The molecule has 1 atom stereocenters. The van der Waals surface area contributed by atoms with Crippen molar-refractivity contribution in [2.75, 3.05) is 6.54 Å². The number of fused-ring (bicyclic) bond motifs is 1. The van der Waals surface area contributed by atoms with Gasteiger partial charge in [0.05, 0.1) is 17.8 Å². The maximum atomic E-state index is 13.8. The van der Waals surface area contributed by atoms with Gasteiger partial charge in [0, 0.05) is 23.0 Å². The molecular weight excluding hydrogens is 462 g/mol. The minimum absolute atomic E-state index is 0.299. The molecule has 0 aliphatic carbocycles. The van der Waals surface area contributed by atoms with Crippen molar-refractivity contribution in [2.45, 2.75) is 18.9 Å². The topological polar surface area (TPSA) is 71.4 Å². The second-order valence-electron chi connectivity index (χ2n) is 8.68. The molecule has 0 unspecified atom stereocenters. The molecule has 0 spiro atoms. The molecule has 1 aliphatic heterocycles. The molecule has 5 rings (SSSR count). The molecule has 4 aromatic rings. The van der Waals surface area contributed by atoms with Gasteiger partial charge in [-0.25, -0.2) is 4.79 Å². The number of carbonyl (C=O) groups excluding carboxylic acids is 3. The summed E-state index contributed by atoms with van der Waals surface area (Å²) in [7, 11) is 1.91. The van der Waals surface area contributed by atoms with E-state index in [-0.39, 0.29) is 12.3 Å². The predicted molar refractivity (Wildman–Crippen MR) is 136 cm³/mol. The lowest BCUT2D eigenvalue weighted by molar-refractivity contribution is -0.131. The number of halogens is 1. The summed E-state index contributed by atoms with van der Waals surface area (Å²) in [6.07, 6.45) is 0.341. The highest BCUT2D eigenvalue weighted by atomic mass is 35.5. The number of ketones is 1. The van der Waals surface area contributed by atoms with Crippen LogP contribution in [0, 0.1) is 0 Å². The Balaban J connectivity index is 1.55. The zero-order chi connectivity index (χ0) is 24.7. The predicted octanol–water partition coefficient (Wildman–Crippen LogP) is 5.54. The summed E-state index contributed by atoms with van der Waals surface area (Å²) >= 11 is 6.02. The van der Waals surface area contributed by atoms with E-state index in [0.29, 0.717) is 22.6 Å². The van der Waals surface area contributed by atoms with Gasteiger partial charge in [0.25, 0.3) is 5.91 Å². The third-order valence-electron chi connectivity index (χ3n) is 6.78. The average molecular weight is 486 g/mol. The lowest BCUT2D eigenvalue weighted by atomic mass is 9.87. The smallest absolute Gasteiger partial charge is 0.325 e. The van der Waals surface area contributed by atoms with Gasteiger partial charge in [-0.1, -0.05) is 79.2 Å². The lowest BCUT2D eigenvalue weighted by Gasteiger charge is -2.25. The van der Waals surface area contributed by atoms with Gasteiger partial charge < -0.3 is 9.88 Å². The first kappa shape index (κ1) is 22.9. The number of aryl methyl sites for hydroxylation is 1. The number of para-hydroxylation sites is 1. The maximum absolute atomic E-state index is 13.8. The van der Waals surface area contributed by atoms with E-state index >= 15 is 0 Å². The number of rotatable bonds is 6. The van der Waals surface area contributed by atoms with Crippen molar-refractivity contribution in [2.24, 2.45) is 7.05 Å². The normalized spacial score (nSPS) is 17.7. The molecule has 1 saturated heterocycles. The molecule has 1 aromatic heterocycles. The number of urea groups is 1. The molecule has 7 heteroatoms. The molecule has 3 aromatic carbocycles. The molecule has 1 fully saturated rings. The zero-order valence-corrected chi connectivity index (χ0v) is 20.2. The van der Waals surface area contributed by atoms with Crippen molar-refractivity contribution >= 4 is 40.2 Å². The van der Waals surface area contributed by atoms with Crippen LogP contribution >= 0.6 is 11.6 Å². The first-order valence-corrected chi connectivity index (χ1v) is 11.8. The Bertz CT molecular complexity index is 1460. The van der Waals surface area contributed by atoms with Gasteiger partial charge in [-0.05, 0) is 35.7 Å². The lowest BCUT2D eigenvalue weighted by Crippen LogP contribution is -2.43. The van der Waals surface area contributed by atoms with Crippen molar-refractivity contribution in [3.63, 3.8) is 0 Å². The van der Waals surface area contributed by atoms with Crippen LogP contribution in [-0.4, -0.2) is 33.7 Å². The van der Waals surface area contributed by atoms with Crippen molar-refractivity contribution < 1.29 is 14.4 Å². The molecule has 0 bridgehead atoms. The third-order valence-corrected chi connectivity index (χ3v) is 7.03. The second-order valence-corrected chi connectivity index (χ2v) is 9.11. The SMILES string of the molecule is CC[C@@]1(c2ccc(Cl)cc2)NC(=O)N(CC(=O)c2c(-c3ccccc3)n(C)c3ccccc23)C1=O. The molecule has 0 saturated carbocycles. The van der Waals surface area contributed by atoms with Gasteiger partial charge in [0.2, 0.25) is 0 Å². The van der Waals surface area contributed by atoms with Gasteiger partial charge in [-0.15, -0.1) is 0 Å². The van der Waals surface area contributed by atoms with Crippen LogP contribution in [0.25, 0.3) is 22.2 Å². The van der Waals surface area contributed by atoms with E-state index in [2.05, 4.69) is 5.32 Å². The summed E-state index contributed by atoms with van der Waals surface area (Å²) in [5.41, 5.74) is 2.43. The number of imide groups is 1. The van der Waals surface area contributed by atoms with E-state index in [1.54, 1.807) is 24.3 Å². The van der Waals surface area contributed by atoms with E-state index in [1.807, 2.05) is 73.1 Å². The Morgan fingerprint density at radius 1 is 0.943 bits per heavy atom. The molecule has 3 amide bonds. The Morgan fingerprint density at radius 2 is 1.60 bits per heavy atom. The molecule has 1 N–H and O–H groups in total. The van der Waals surface area contributed by atoms with Crippen LogP contribution in [0.3, 0.4) is 0 Å².